The number of nitrogen functional groups attached to an aromatic ring is 1. The Morgan fingerprint density at radius 3 is 2.73 bits per heavy atom. The minimum absolute atomic E-state index is 0.202. The highest BCUT2D eigenvalue weighted by Crippen LogP contribution is 2.25. The van der Waals surface area contributed by atoms with Gasteiger partial charge in [0.05, 0.1) is 0 Å². The van der Waals surface area contributed by atoms with E-state index in [2.05, 4.69) is 20.7 Å². The van der Waals surface area contributed by atoms with Gasteiger partial charge in [0.15, 0.2) is 0 Å². The molecule has 0 bridgehead atoms. The summed E-state index contributed by atoms with van der Waals surface area (Å²) in [6.07, 6.45) is 3.50. The Hall–Kier alpha value is -3.30. The molecule has 0 radical (unpaired) electrons. The predicted molar refractivity (Wildman–Crippen MR) is 114 cm³/mol. The van der Waals surface area contributed by atoms with Crippen LogP contribution in [0.1, 0.15) is 28.8 Å². The van der Waals surface area contributed by atoms with Crippen LogP contribution in [0.3, 0.4) is 0 Å². The van der Waals surface area contributed by atoms with Crippen LogP contribution in [-0.2, 0) is 11.8 Å². The highest BCUT2D eigenvalue weighted by molar-refractivity contribution is 5.95. The molecule has 3 heterocycles. The van der Waals surface area contributed by atoms with Crippen molar-refractivity contribution in [3.8, 4) is 11.1 Å². The number of hydrogen-bond donors (Lipinski definition) is 3. The Balaban J connectivity index is 1.76. The molecule has 2 aromatic heterocycles. The molecule has 1 aliphatic rings. The summed E-state index contributed by atoms with van der Waals surface area (Å²) in [5, 5.41) is 4.06. The maximum atomic E-state index is 13.1. The first-order valence-electron chi connectivity index (χ1n) is 9.81. The number of rotatable bonds is 4. The molecule has 156 valence electrons. The van der Waals surface area contributed by atoms with E-state index in [0.29, 0.717) is 41.5 Å². The predicted octanol–water partition coefficient (Wildman–Crippen LogP) is 1.50. The van der Waals surface area contributed by atoms with Crippen LogP contribution < -0.4 is 22.1 Å². The largest absolute Gasteiger partial charge is 0.381 e. The zero-order valence-electron chi connectivity index (χ0n) is 16.9. The number of ether oxygens (including phenoxy) is 1. The molecule has 0 aliphatic carbocycles. The molecule has 9 nitrogen and oxygen atoms in total. The van der Waals surface area contributed by atoms with Crippen molar-refractivity contribution in [1.82, 2.24) is 20.0 Å². The van der Waals surface area contributed by atoms with Crippen LogP contribution in [-0.4, -0.2) is 39.7 Å². The fourth-order valence-corrected chi connectivity index (χ4v) is 3.67. The molecule has 0 atom stereocenters. The number of amides is 1. The molecule has 1 aromatic carbocycles. The van der Waals surface area contributed by atoms with E-state index >= 15 is 0 Å². The van der Waals surface area contributed by atoms with Crippen LogP contribution in [0.15, 0.2) is 35.3 Å². The minimum atomic E-state index is -0.416. The molecule has 3 aromatic rings. The number of anilines is 1. The molecule has 1 fully saturated rings. The van der Waals surface area contributed by atoms with Crippen LogP contribution >= 0.6 is 0 Å². The van der Waals surface area contributed by atoms with E-state index in [1.165, 1.54) is 4.57 Å². The van der Waals surface area contributed by atoms with Crippen molar-refractivity contribution >= 4 is 22.9 Å². The third kappa shape index (κ3) is 3.77. The lowest BCUT2D eigenvalue weighted by Gasteiger charge is -2.23. The van der Waals surface area contributed by atoms with Crippen molar-refractivity contribution in [2.45, 2.75) is 25.8 Å². The Bertz CT molecular complexity index is 1170. The van der Waals surface area contributed by atoms with Gasteiger partial charge in [-0.2, -0.15) is 4.98 Å². The summed E-state index contributed by atoms with van der Waals surface area (Å²) in [4.78, 5) is 34.0. The smallest absolute Gasteiger partial charge is 0.265 e. The average Bonchev–Trinajstić information content (AvgIpc) is 2.77. The van der Waals surface area contributed by atoms with Crippen LogP contribution in [0.25, 0.3) is 22.2 Å². The summed E-state index contributed by atoms with van der Waals surface area (Å²) in [6.45, 7) is 3.32. The van der Waals surface area contributed by atoms with E-state index < -0.39 is 5.91 Å². The molecule has 9 heteroatoms. The van der Waals surface area contributed by atoms with Crippen molar-refractivity contribution < 1.29 is 9.53 Å². The quantitative estimate of drug-likeness (QED) is 0.339. The lowest BCUT2D eigenvalue weighted by molar-refractivity contribution is 0.0903. The van der Waals surface area contributed by atoms with E-state index in [0.717, 1.165) is 23.8 Å². The van der Waals surface area contributed by atoms with E-state index in [9.17, 15) is 9.59 Å². The normalized spacial score (nSPS) is 14.6. The van der Waals surface area contributed by atoms with Crippen molar-refractivity contribution in [1.29, 1.82) is 0 Å². The van der Waals surface area contributed by atoms with Gasteiger partial charge in [0.1, 0.15) is 5.65 Å². The van der Waals surface area contributed by atoms with Gasteiger partial charge in [-0.25, -0.2) is 10.8 Å². The number of fused-ring (bicyclic) bond motifs is 1. The maximum absolute atomic E-state index is 13.1. The Kier molecular flexibility index (Phi) is 5.47. The lowest BCUT2D eigenvalue weighted by Crippen LogP contribution is -2.30. The van der Waals surface area contributed by atoms with Gasteiger partial charge in [0, 0.05) is 49.0 Å². The van der Waals surface area contributed by atoms with Crippen LogP contribution in [0.4, 0.5) is 5.95 Å². The molecule has 0 spiro atoms. The zero-order chi connectivity index (χ0) is 21.3. The lowest BCUT2D eigenvalue weighted by atomic mass is 9.98. The number of carbonyl (C=O) groups excluding carboxylic acids is 1. The maximum Gasteiger partial charge on any atom is 0.265 e. The first-order chi connectivity index (χ1) is 14.5. The molecule has 0 unspecified atom stereocenters. The summed E-state index contributed by atoms with van der Waals surface area (Å²) in [7, 11) is 1.69. The van der Waals surface area contributed by atoms with Crippen molar-refractivity contribution in [3.63, 3.8) is 0 Å². The summed E-state index contributed by atoms with van der Waals surface area (Å²) >= 11 is 0. The topological polar surface area (TPSA) is 124 Å². The fourth-order valence-electron chi connectivity index (χ4n) is 3.67. The molecule has 4 rings (SSSR count). The van der Waals surface area contributed by atoms with Crippen LogP contribution in [0.2, 0.25) is 0 Å². The van der Waals surface area contributed by atoms with Gasteiger partial charge in [-0.05, 0) is 49.1 Å². The average molecular weight is 408 g/mol. The van der Waals surface area contributed by atoms with Crippen LogP contribution in [0.5, 0.6) is 0 Å². The Labute approximate surface area is 173 Å². The standard InChI is InChI=1S/C21H24N6O3/c1-12-3-4-13(19(28)26-22)9-16(12)17-10-14-11-23-21(24-15-5-7-30-8-6-15)25-18(14)27(2)20(17)29/h3-4,9-11,15H,5-8,22H2,1-2H3,(H,26,28)(H,23,24,25). The van der Waals surface area contributed by atoms with Gasteiger partial charge >= 0.3 is 0 Å². The SMILES string of the molecule is Cc1ccc(C(=O)NN)cc1-c1cc2cnc(NC3CCOCC3)nc2n(C)c1=O. The molecule has 30 heavy (non-hydrogen) atoms. The van der Waals surface area contributed by atoms with Crippen LogP contribution in [0, 0.1) is 6.92 Å². The summed E-state index contributed by atoms with van der Waals surface area (Å²) in [6, 6.07) is 7.15. The van der Waals surface area contributed by atoms with Crippen molar-refractivity contribution in [3.05, 3.63) is 51.9 Å². The second-order valence-electron chi connectivity index (χ2n) is 7.43. The number of nitrogens with two attached hydrogens (primary N) is 1. The molecule has 1 amide bonds. The Morgan fingerprint density at radius 2 is 2.00 bits per heavy atom. The number of hydrogen-bond acceptors (Lipinski definition) is 7. The number of aryl methyl sites for hydroxylation is 2. The van der Waals surface area contributed by atoms with Gasteiger partial charge in [-0.1, -0.05) is 6.07 Å². The molecular formula is C21H24N6O3. The van der Waals surface area contributed by atoms with Gasteiger partial charge in [0.25, 0.3) is 11.5 Å². The molecule has 1 saturated heterocycles. The van der Waals surface area contributed by atoms with E-state index in [-0.39, 0.29) is 11.6 Å². The van der Waals surface area contributed by atoms with E-state index in [1.54, 1.807) is 37.5 Å². The van der Waals surface area contributed by atoms with Gasteiger partial charge < -0.3 is 10.1 Å². The number of benzene rings is 1. The monoisotopic (exact) mass is 408 g/mol. The first kappa shape index (κ1) is 20.0. The molecular weight excluding hydrogens is 384 g/mol. The second kappa shape index (κ2) is 8.21. The van der Waals surface area contributed by atoms with Gasteiger partial charge in [-0.3, -0.25) is 19.6 Å². The number of aromatic nitrogens is 3. The number of hydrazine groups is 1. The highest BCUT2D eigenvalue weighted by Gasteiger charge is 2.17. The number of pyridine rings is 1. The summed E-state index contributed by atoms with van der Waals surface area (Å²) in [5.74, 6) is 5.33. The summed E-state index contributed by atoms with van der Waals surface area (Å²) < 4.78 is 6.89. The van der Waals surface area contributed by atoms with Crippen molar-refractivity contribution in [2.24, 2.45) is 12.9 Å². The summed E-state index contributed by atoms with van der Waals surface area (Å²) in [5.41, 5.74) is 4.86. The Morgan fingerprint density at radius 1 is 1.23 bits per heavy atom. The molecule has 1 aliphatic heterocycles. The highest BCUT2D eigenvalue weighted by atomic mass is 16.5. The molecule has 4 N–H and O–H groups in total. The first-order valence-corrected chi connectivity index (χ1v) is 9.81. The molecule has 0 saturated carbocycles. The third-order valence-electron chi connectivity index (χ3n) is 5.42. The number of nitrogens with zero attached hydrogens (tertiary/aromatic N) is 3. The van der Waals surface area contributed by atoms with Crippen molar-refractivity contribution in [2.75, 3.05) is 18.5 Å². The van der Waals surface area contributed by atoms with Gasteiger partial charge in [-0.15, -0.1) is 0 Å². The van der Waals surface area contributed by atoms with E-state index in [4.69, 9.17) is 10.6 Å². The fraction of sp³-hybridized carbons (Fsp3) is 0.333. The van der Waals surface area contributed by atoms with E-state index in [1.807, 2.05) is 6.92 Å². The minimum Gasteiger partial charge on any atom is -0.381 e. The third-order valence-corrected chi connectivity index (χ3v) is 5.42. The van der Waals surface area contributed by atoms with Gasteiger partial charge in [0.2, 0.25) is 5.95 Å². The second-order valence-corrected chi connectivity index (χ2v) is 7.43. The number of nitrogens with one attached hydrogen (secondary N) is 2. The zero-order valence-corrected chi connectivity index (χ0v) is 16.9. The number of carbonyl (C=O) groups is 1.